The Labute approximate surface area is 152 Å². The van der Waals surface area contributed by atoms with Crippen LogP contribution < -0.4 is 5.32 Å². The first kappa shape index (κ1) is 18.3. The van der Waals surface area contributed by atoms with Gasteiger partial charge in [-0.25, -0.2) is 14.4 Å². The maximum atomic E-state index is 14.1. The van der Waals surface area contributed by atoms with E-state index < -0.39 is 5.97 Å². The lowest BCUT2D eigenvalue weighted by molar-refractivity contribution is -0.139. The second-order valence-electron chi connectivity index (χ2n) is 6.63. The number of carboxylic acid groups (broad SMARTS) is 1. The number of anilines is 1. The highest BCUT2D eigenvalue weighted by Gasteiger charge is 2.34. The van der Waals surface area contributed by atoms with Crippen molar-refractivity contribution in [2.24, 2.45) is 0 Å². The SMILES string of the molecule is CCN(CC(=O)O)C1CC(Nc2ncc(C)c(-c3ccccc3F)n2)C1. The molecule has 1 aromatic heterocycles. The predicted molar refractivity (Wildman–Crippen MR) is 97.5 cm³/mol. The molecule has 2 aromatic rings. The lowest BCUT2D eigenvalue weighted by Gasteiger charge is -2.42. The largest absolute Gasteiger partial charge is 0.480 e. The van der Waals surface area contributed by atoms with Crippen LogP contribution in [0.2, 0.25) is 0 Å². The highest BCUT2D eigenvalue weighted by atomic mass is 19.1. The predicted octanol–water partition coefficient (Wildman–Crippen LogP) is 2.94. The maximum absolute atomic E-state index is 14.1. The van der Waals surface area contributed by atoms with Gasteiger partial charge in [-0.1, -0.05) is 19.1 Å². The van der Waals surface area contributed by atoms with Crippen LogP contribution in [0.15, 0.2) is 30.5 Å². The molecular formula is C19H23FN4O2. The number of aliphatic carboxylic acids is 1. The minimum Gasteiger partial charge on any atom is -0.480 e. The van der Waals surface area contributed by atoms with Crippen LogP contribution >= 0.6 is 0 Å². The van der Waals surface area contributed by atoms with Crippen molar-refractivity contribution in [3.63, 3.8) is 0 Å². The number of carboxylic acids is 1. The molecule has 138 valence electrons. The van der Waals surface area contributed by atoms with Gasteiger partial charge in [-0.05, 0) is 44.0 Å². The molecule has 0 unspecified atom stereocenters. The van der Waals surface area contributed by atoms with E-state index in [2.05, 4.69) is 15.3 Å². The van der Waals surface area contributed by atoms with Gasteiger partial charge in [0.25, 0.3) is 0 Å². The summed E-state index contributed by atoms with van der Waals surface area (Å²) < 4.78 is 14.1. The van der Waals surface area contributed by atoms with Gasteiger partial charge in [-0.3, -0.25) is 9.69 Å². The van der Waals surface area contributed by atoms with Crippen molar-refractivity contribution in [1.29, 1.82) is 0 Å². The second kappa shape index (κ2) is 7.78. The van der Waals surface area contributed by atoms with Gasteiger partial charge in [-0.15, -0.1) is 0 Å². The van der Waals surface area contributed by atoms with E-state index in [1.807, 2.05) is 18.7 Å². The van der Waals surface area contributed by atoms with Gasteiger partial charge < -0.3 is 10.4 Å². The van der Waals surface area contributed by atoms with Crippen molar-refractivity contribution in [3.05, 3.63) is 41.8 Å². The minimum absolute atomic E-state index is 0.0619. The standard InChI is InChI=1S/C19H23FN4O2/c1-3-24(11-17(25)26)14-8-13(9-14)22-19-21-10-12(2)18(23-19)15-6-4-5-7-16(15)20/h4-7,10,13-14H,3,8-9,11H2,1-2H3,(H,25,26)(H,21,22,23). The fourth-order valence-electron chi connectivity index (χ4n) is 3.30. The van der Waals surface area contributed by atoms with Crippen LogP contribution in [0.5, 0.6) is 0 Å². The summed E-state index contributed by atoms with van der Waals surface area (Å²) in [5.41, 5.74) is 1.85. The van der Waals surface area contributed by atoms with Crippen LogP contribution in [0.3, 0.4) is 0 Å². The summed E-state index contributed by atoms with van der Waals surface area (Å²) in [5, 5.41) is 12.2. The van der Waals surface area contributed by atoms with E-state index in [9.17, 15) is 9.18 Å². The molecule has 2 N–H and O–H groups in total. The average Bonchev–Trinajstić information content (AvgIpc) is 2.58. The summed E-state index contributed by atoms with van der Waals surface area (Å²) in [5.74, 6) is -0.644. The van der Waals surface area contributed by atoms with E-state index in [0.29, 0.717) is 23.8 Å². The van der Waals surface area contributed by atoms with Crippen LogP contribution in [0.1, 0.15) is 25.3 Å². The van der Waals surface area contributed by atoms with E-state index >= 15 is 0 Å². The summed E-state index contributed by atoms with van der Waals surface area (Å²) >= 11 is 0. The first-order valence-corrected chi connectivity index (χ1v) is 8.78. The van der Waals surface area contributed by atoms with E-state index in [1.165, 1.54) is 6.07 Å². The Bertz CT molecular complexity index is 793. The number of halogens is 1. The van der Waals surface area contributed by atoms with Crippen molar-refractivity contribution in [2.75, 3.05) is 18.4 Å². The number of rotatable bonds is 7. The van der Waals surface area contributed by atoms with Gasteiger partial charge in [0.15, 0.2) is 0 Å². The van der Waals surface area contributed by atoms with E-state index in [1.54, 1.807) is 24.4 Å². The van der Waals surface area contributed by atoms with Crippen LogP contribution in [-0.2, 0) is 4.79 Å². The Balaban J connectivity index is 1.66. The van der Waals surface area contributed by atoms with E-state index in [-0.39, 0.29) is 24.4 Å². The Morgan fingerprint density at radius 3 is 2.77 bits per heavy atom. The zero-order valence-electron chi connectivity index (χ0n) is 14.9. The summed E-state index contributed by atoms with van der Waals surface area (Å²) in [6.45, 7) is 4.60. The molecule has 0 saturated heterocycles. The molecule has 26 heavy (non-hydrogen) atoms. The average molecular weight is 358 g/mol. The molecule has 0 atom stereocenters. The highest BCUT2D eigenvalue weighted by molar-refractivity contribution is 5.69. The Hall–Kier alpha value is -2.54. The summed E-state index contributed by atoms with van der Waals surface area (Å²) in [7, 11) is 0. The van der Waals surface area contributed by atoms with Crippen LogP contribution in [0.4, 0.5) is 10.3 Å². The molecule has 6 nitrogen and oxygen atoms in total. The van der Waals surface area contributed by atoms with E-state index in [4.69, 9.17) is 5.11 Å². The number of benzene rings is 1. The van der Waals surface area contributed by atoms with Crippen molar-refractivity contribution in [3.8, 4) is 11.3 Å². The molecule has 1 aliphatic carbocycles. The summed E-state index contributed by atoms with van der Waals surface area (Å²) in [6, 6.07) is 7.01. The first-order chi connectivity index (χ1) is 12.5. The number of nitrogens with one attached hydrogen (secondary N) is 1. The number of aryl methyl sites for hydroxylation is 1. The number of carbonyl (C=O) groups is 1. The zero-order valence-corrected chi connectivity index (χ0v) is 14.9. The summed E-state index contributed by atoms with van der Waals surface area (Å²) in [6.07, 6.45) is 3.37. The van der Waals surface area contributed by atoms with Gasteiger partial charge in [0.05, 0.1) is 12.2 Å². The van der Waals surface area contributed by atoms with Crippen molar-refractivity contribution in [1.82, 2.24) is 14.9 Å². The molecule has 1 aromatic carbocycles. The number of nitrogens with zero attached hydrogens (tertiary/aromatic N) is 3. The summed E-state index contributed by atoms with van der Waals surface area (Å²) in [4.78, 5) is 21.7. The van der Waals surface area contributed by atoms with Gasteiger partial charge in [-0.2, -0.15) is 0 Å². The van der Waals surface area contributed by atoms with Crippen LogP contribution in [-0.4, -0.2) is 51.1 Å². The third kappa shape index (κ3) is 3.99. The molecular weight excluding hydrogens is 335 g/mol. The lowest BCUT2D eigenvalue weighted by Crippen LogP contribution is -2.51. The number of aromatic nitrogens is 2. The molecule has 0 aliphatic heterocycles. The van der Waals surface area contributed by atoms with Crippen LogP contribution in [0, 0.1) is 12.7 Å². The van der Waals surface area contributed by atoms with Crippen molar-refractivity contribution in [2.45, 2.75) is 38.8 Å². The van der Waals surface area contributed by atoms with Gasteiger partial charge in [0.1, 0.15) is 5.82 Å². The molecule has 0 radical (unpaired) electrons. The van der Waals surface area contributed by atoms with E-state index in [0.717, 1.165) is 18.4 Å². The normalized spacial score (nSPS) is 19.2. The molecule has 1 fully saturated rings. The monoisotopic (exact) mass is 358 g/mol. The number of likely N-dealkylation sites (N-methyl/N-ethyl adjacent to an activating group) is 1. The third-order valence-electron chi connectivity index (χ3n) is 4.81. The molecule has 0 spiro atoms. The molecule has 1 aliphatic rings. The number of hydrogen-bond donors (Lipinski definition) is 2. The molecule has 7 heteroatoms. The second-order valence-corrected chi connectivity index (χ2v) is 6.63. The zero-order chi connectivity index (χ0) is 18.7. The molecule has 3 rings (SSSR count). The Morgan fingerprint density at radius 1 is 1.38 bits per heavy atom. The van der Waals surface area contributed by atoms with Crippen LogP contribution in [0.25, 0.3) is 11.3 Å². The van der Waals surface area contributed by atoms with Gasteiger partial charge >= 0.3 is 5.97 Å². The first-order valence-electron chi connectivity index (χ1n) is 8.78. The third-order valence-corrected chi connectivity index (χ3v) is 4.81. The topological polar surface area (TPSA) is 78.4 Å². The van der Waals surface area contributed by atoms with Crippen molar-refractivity contribution >= 4 is 11.9 Å². The molecule has 1 saturated carbocycles. The minimum atomic E-state index is -0.806. The Morgan fingerprint density at radius 2 is 2.12 bits per heavy atom. The fourth-order valence-corrected chi connectivity index (χ4v) is 3.30. The van der Waals surface area contributed by atoms with Gasteiger partial charge in [0, 0.05) is 23.8 Å². The molecule has 1 heterocycles. The highest BCUT2D eigenvalue weighted by Crippen LogP contribution is 2.29. The fraction of sp³-hybridized carbons (Fsp3) is 0.421. The van der Waals surface area contributed by atoms with Crippen molar-refractivity contribution < 1.29 is 14.3 Å². The number of hydrogen-bond acceptors (Lipinski definition) is 5. The van der Waals surface area contributed by atoms with Gasteiger partial charge in [0.2, 0.25) is 5.95 Å². The maximum Gasteiger partial charge on any atom is 0.317 e. The Kier molecular flexibility index (Phi) is 5.46. The molecule has 0 bridgehead atoms. The molecule has 0 amide bonds. The lowest BCUT2D eigenvalue weighted by atomic mass is 9.85. The smallest absolute Gasteiger partial charge is 0.317 e. The quantitative estimate of drug-likeness (QED) is 0.792.